The van der Waals surface area contributed by atoms with Gasteiger partial charge in [0.05, 0.1) is 6.54 Å². The second-order valence-corrected chi connectivity index (χ2v) is 3.41. The highest BCUT2D eigenvalue weighted by Gasteiger charge is 2.23. The van der Waals surface area contributed by atoms with Gasteiger partial charge in [0.15, 0.2) is 0 Å². The van der Waals surface area contributed by atoms with Crippen LogP contribution in [0.15, 0.2) is 0 Å². The van der Waals surface area contributed by atoms with E-state index < -0.39 is 30.8 Å². The largest absolute Gasteiger partial charge is 0.344 e. The third-order valence-electron chi connectivity index (χ3n) is 1.65. The van der Waals surface area contributed by atoms with E-state index in [-0.39, 0.29) is 5.75 Å². The fraction of sp³-hybridized carbons (Fsp3) is 0.750. The van der Waals surface area contributed by atoms with Crippen LogP contribution in [0.4, 0.5) is 8.78 Å². The summed E-state index contributed by atoms with van der Waals surface area (Å²) in [6.45, 7) is 0.597. The van der Waals surface area contributed by atoms with Gasteiger partial charge in [0.1, 0.15) is 6.04 Å². The highest BCUT2D eigenvalue weighted by Crippen LogP contribution is 2.00. The standard InChI is InChI=1S/C8H14F2N2O2S/c1-5(13)11-6(4-15)8(14)12(2)3-7(9)10/h6-7,15H,3-4H2,1-2H3,(H,11,13). The summed E-state index contributed by atoms with van der Waals surface area (Å²) in [6.07, 6.45) is -2.59. The smallest absolute Gasteiger partial charge is 0.255 e. The first-order chi connectivity index (χ1) is 6.88. The lowest BCUT2D eigenvalue weighted by Gasteiger charge is -2.22. The fourth-order valence-electron chi connectivity index (χ4n) is 0.994. The number of hydrogen-bond donors (Lipinski definition) is 2. The number of thiol groups is 1. The SMILES string of the molecule is CC(=O)NC(CS)C(=O)N(C)CC(F)F. The second-order valence-electron chi connectivity index (χ2n) is 3.05. The van der Waals surface area contributed by atoms with Gasteiger partial charge in [-0.2, -0.15) is 12.6 Å². The van der Waals surface area contributed by atoms with Gasteiger partial charge in [-0.05, 0) is 0 Å². The Morgan fingerprint density at radius 3 is 2.33 bits per heavy atom. The van der Waals surface area contributed by atoms with E-state index in [1.807, 2.05) is 0 Å². The van der Waals surface area contributed by atoms with Crippen molar-refractivity contribution in [3.8, 4) is 0 Å². The number of carbonyl (C=O) groups excluding carboxylic acids is 2. The third kappa shape index (κ3) is 5.56. The zero-order chi connectivity index (χ0) is 12.0. The van der Waals surface area contributed by atoms with Gasteiger partial charge in [-0.15, -0.1) is 0 Å². The van der Waals surface area contributed by atoms with Crippen LogP contribution in [0.1, 0.15) is 6.92 Å². The van der Waals surface area contributed by atoms with Crippen LogP contribution in [-0.4, -0.2) is 48.5 Å². The Morgan fingerprint density at radius 1 is 1.47 bits per heavy atom. The maximum Gasteiger partial charge on any atom is 0.255 e. The van der Waals surface area contributed by atoms with Crippen molar-refractivity contribution in [2.24, 2.45) is 0 Å². The molecule has 0 aromatic rings. The lowest BCUT2D eigenvalue weighted by molar-refractivity contribution is -0.135. The number of hydrogen-bond acceptors (Lipinski definition) is 3. The second kappa shape index (κ2) is 6.60. The van der Waals surface area contributed by atoms with E-state index in [4.69, 9.17) is 0 Å². The number of halogens is 2. The van der Waals surface area contributed by atoms with Crippen LogP contribution in [0, 0.1) is 0 Å². The van der Waals surface area contributed by atoms with Crippen LogP contribution in [0.3, 0.4) is 0 Å². The quantitative estimate of drug-likeness (QED) is 0.672. The van der Waals surface area contributed by atoms with Crippen molar-refractivity contribution >= 4 is 24.4 Å². The maximum atomic E-state index is 12.0. The molecule has 1 unspecified atom stereocenters. The Kier molecular flexibility index (Phi) is 6.23. The van der Waals surface area contributed by atoms with E-state index in [0.29, 0.717) is 0 Å². The molecule has 88 valence electrons. The number of likely N-dealkylation sites (N-methyl/N-ethyl adjacent to an activating group) is 1. The molecule has 0 bridgehead atoms. The Labute approximate surface area is 92.4 Å². The zero-order valence-electron chi connectivity index (χ0n) is 8.54. The van der Waals surface area contributed by atoms with E-state index >= 15 is 0 Å². The Bertz CT molecular complexity index is 239. The highest BCUT2D eigenvalue weighted by molar-refractivity contribution is 7.80. The van der Waals surface area contributed by atoms with Crippen LogP contribution in [0.25, 0.3) is 0 Å². The van der Waals surface area contributed by atoms with Gasteiger partial charge < -0.3 is 10.2 Å². The molecule has 2 amide bonds. The summed E-state index contributed by atoms with van der Waals surface area (Å²) in [7, 11) is 1.26. The number of nitrogens with zero attached hydrogens (tertiary/aromatic N) is 1. The predicted octanol–water partition coefficient (Wildman–Crippen LogP) is 0.144. The summed E-state index contributed by atoms with van der Waals surface area (Å²) in [5, 5.41) is 2.33. The molecule has 7 heteroatoms. The minimum atomic E-state index is -2.59. The molecule has 0 aliphatic rings. The number of amides is 2. The first-order valence-corrected chi connectivity index (χ1v) is 4.92. The highest BCUT2D eigenvalue weighted by atomic mass is 32.1. The summed E-state index contributed by atoms with van der Waals surface area (Å²) in [5.74, 6) is -0.889. The molecule has 1 N–H and O–H groups in total. The number of nitrogens with one attached hydrogen (secondary N) is 1. The molecule has 0 heterocycles. The van der Waals surface area contributed by atoms with E-state index in [1.54, 1.807) is 0 Å². The number of alkyl halides is 2. The van der Waals surface area contributed by atoms with E-state index in [9.17, 15) is 18.4 Å². The summed E-state index contributed by atoms with van der Waals surface area (Å²) >= 11 is 3.87. The molecule has 0 aliphatic heterocycles. The molecule has 0 aromatic heterocycles. The van der Waals surface area contributed by atoms with Crippen LogP contribution >= 0.6 is 12.6 Å². The predicted molar refractivity (Wildman–Crippen MR) is 55.1 cm³/mol. The number of carbonyl (C=O) groups is 2. The summed E-state index contributed by atoms with van der Waals surface area (Å²) in [6, 6.07) is -0.852. The van der Waals surface area contributed by atoms with Gasteiger partial charge in [0.2, 0.25) is 11.8 Å². The zero-order valence-corrected chi connectivity index (χ0v) is 9.43. The topological polar surface area (TPSA) is 49.4 Å². The molecule has 0 radical (unpaired) electrons. The van der Waals surface area contributed by atoms with Crippen molar-refractivity contribution in [2.75, 3.05) is 19.3 Å². The monoisotopic (exact) mass is 240 g/mol. The van der Waals surface area contributed by atoms with Crippen LogP contribution in [0.5, 0.6) is 0 Å². The molecular formula is C8H14F2N2O2S. The van der Waals surface area contributed by atoms with Crippen molar-refractivity contribution in [1.29, 1.82) is 0 Å². The van der Waals surface area contributed by atoms with Crippen molar-refractivity contribution < 1.29 is 18.4 Å². The molecule has 0 aromatic carbocycles. The molecule has 1 atom stereocenters. The minimum absolute atomic E-state index is 0.0754. The van der Waals surface area contributed by atoms with Gasteiger partial charge >= 0.3 is 0 Å². The molecule has 0 rings (SSSR count). The van der Waals surface area contributed by atoms with E-state index in [1.165, 1.54) is 14.0 Å². The molecular weight excluding hydrogens is 226 g/mol. The summed E-state index contributed by atoms with van der Waals surface area (Å²) < 4.78 is 24.0. The van der Waals surface area contributed by atoms with Crippen molar-refractivity contribution in [2.45, 2.75) is 19.4 Å². The Balaban J connectivity index is 4.30. The first-order valence-electron chi connectivity index (χ1n) is 4.29. The van der Waals surface area contributed by atoms with E-state index in [2.05, 4.69) is 17.9 Å². The molecule has 15 heavy (non-hydrogen) atoms. The van der Waals surface area contributed by atoms with Gasteiger partial charge in [-0.3, -0.25) is 9.59 Å². The Hall–Kier alpha value is -0.850. The molecule has 4 nitrogen and oxygen atoms in total. The molecule has 0 aliphatic carbocycles. The molecule has 0 fully saturated rings. The lowest BCUT2D eigenvalue weighted by Crippen LogP contribution is -2.48. The summed E-state index contributed by atoms with van der Waals surface area (Å²) in [4.78, 5) is 23.0. The van der Waals surface area contributed by atoms with Crippen molar-refractivity contribution in [1.82, 2.24) is 10.2 Å². The minimum Gasteiger partial charge on any atom is -0.344 e. The molecule has 0 saturated carbocycles. The third-order valence-corrected chi connectivity index (χ3v) is 2.01. The van der Waals surface area contributed by atoms with E-state index in [0.717, 1.165) is 4.90 Å². The average molecular weight is 240 g/mol. The van der Waals surface area contributed by atoms with Gasteiger partial charge in [-0.25, -0.2) is 8.78 Å². The van der Waals surface area contributed by atoms with Crippen LogP contribution in [-0.2, 0) is 9.59 Å². The van der Waals surface area contributed by atoms with Gasteiger partial charge in [-0.1, -0.05) is 0 Å². The van der Waals surface area contributed by atoms with Crippen molar-refractivity contribution in [3.05, 3.63) is 0 Å². The van der Waals surface area contributed by atoms with Gasteiger partial charge in [0, 0.05) is 19.7 Å². The average Bonchev–Trinajstić information content (AvgIpc) is 2.11. The first kappa shape index (κ1) is 14.2. The Morgan fingerprint density at radius 2 is 2.00 bits per heavy atom. The summed E-state index contributed by atoms with van der Waals surface area (Å²) in [5.41, 5.74) is 0. The lowest BCUT2D eigenvalue weighted by atomic mass is 10.3. The fourth-order valence-corrected chi connectivity index (χ4v) is 1.24. The van der Waals surface area contributed by atoms with Crippen LogP contribution < -0.4 is 5.32 Å². The molecule has 0 saturated heterocycles. The van der Waals surface area contributed by atoms with Gasteiger partial charge in [0.25, 0.3) is 6.43 Å². The molecule has 0 spiro atoms. The maximum absolute atomic E-state index is 12.0. The normalized spacial score (nSPS) is 12.4. The van der Waals surface area contributed by atoms with Crippen molar-refractivity contribution in [3.63, 3.8) is 0 Å². The number of rotatable bonds is 5. The van der Waals surface area contributed by atoms with Crippen LogP contribution in [0.2, 0.25) is 0 Å².